The van der Waals surface area contributed by atoms with Crippen molar-refractivity contribution in [3.63, 3.8) is 0 Å². The van der Waals surface area contributed by atoms with Gasteiger partial charge in [0.1, 0.15) is 0 Å². The molecule has 4 nitrogen and oxygen atoms in total. The number of hydrogen-bond donors (Lipinski definition) is 0. The van der Waals surface area contributed by atoms with Gasteiger partial charge in [0.2, 0.25) is 0 Å². The first kappa shape index (κ1) is 18.5. The van der Waals surface area contributed by atoms with Gasteiger partial charge in [-0.2, -0.15) is 0 Å². The second kappa shape index (κ2) is 6.44. The van der Waals surface area contributed by atoms with Gasteiger partial charge >= 0.3 is 13.1 Å². The van der Waals surface area contributed by atoms with Crippen molar-refractivity contribution in [1.82, 2.24) is 0 Å². The van der Waals surface area contributed by atoms with Crippen molar-refractivity contribution < 1.29 is 18.8 Å². The number of hydrogen-bond acceptors (Lipinski definition) is 4. The van der Waals surface area contributed by atoms with Gasteiger partial charge in [0.15, 0.2) is 0 Å². The van der Waals surface area contributed by atoms with Gasteiger partial charge in [0, 0.05) is 0 Å². The number of rotatable bonds is 4. The van der Waals surface area contributed by atoms with Crippen LogP contribution in [0.4, 0.5) is 0 Å². The lowest BCUT2D eigenvalue weighted by Crippen LogP contribution is -2.41. The second-order valence-corrected chi connectivity index (χ2v) is 8.70. The molecule has 1 heterocycles. The topological polar surface area (TPSA) is 44.8 Å². The number of fused-ring (bicyclic) bond motifs is 1. The van der Waals surface area contributed by atoms with Crippen LogP contribution in [0, 0.1) is 11.8 Å². The molecule has 1 atom stereocenters. The van der Waals surface area contributed by atoms with Gasteiger partial charge in [0.25, 0.3) is 0 Å². The molecule has 0 saturated carbocycles. The van der Waals surface area contributed by atoms with Crippen LogP contribution in [0.25, 0.3) is 0 Å². The van der Waals surface area contributed by atoms with Gasteiger partial charge in [-0.25, -0.2) is 0 Å². The maximum absolute atomic E-state index is 12.4. The van der Waals surface area contributed by atoms with Crippen molar-refractivity contribution in [3.8, 4) is 0 Å². The van der Waals surface area contributed by atoms with Crippen molar-refractivity contribution in [2.75, 3.05) is 6.61 Å². The molecular formula is C20H29BO4. The van der Waals surface area contributed by atoms with E-state index in [1.807, 2.05) is 19.9 Å². The molecule has 1 saturated heterocycles. The second-order valence-electron chi connectivity index (χ2n) is 8.70. The van der Waals surface area contributed by atoms with E-state index in [1.54, 1.807) is 0 Å². The highest BCUT2D eigenvalue weighted by atomic mass is 16.7. The highest BCUT2D eigenvalue weighted by Gasteiger charge is 2.52. The predicted octanol–water partition coefficient (Wildman–Crippen LogP) is 2.90. The summed E-state index contributed by atoms with van der Waals surface area (Å²) in [6.07, 6.45) is 1.44. The molecule has 0 spiro atoms. The zero-order valence-electron chi connectivity index (χ0n) is 16.2. The summed E-state index contributed by atoms with van der Waals surface area (Å²) in [5.41, 5.74) is 2.71. The lowest BCUT2D eigenvalue weighted by Gasteiger charge is -2.32. The van der Waals surface area contributed by atoms with Crippen LogP contribution in [0.3, 0.4) is 0 Å². The van der Waals surface area contributed by atoms with Crippen LogP contribution in [0.5, 0.6) is 0 Å². The molecule has 0 radical (unpaired) electrons. The quantitative estimate of drug-likeness (QED) is 0.622. The molecular weight excluding hydrogens is 315 g/mol. The first-order chi connectivity index (χ1) is 11.6. The molecule has 1 aromatic carbocycles. The molecule has 0 N–H and O–H groups in total. The molecule has 1 aliphatic heterocycles. The fourth-order valence-corrected chi connectivity index (χ4v) is 3.40. The van der Waals surface area contributed by atoms with Crippen LogP contribution in [0.2, 0.25) is 0 Å². The minimum Gasteiger partial charge on any atom is -0.465 e. The van der Waals surface area contributed by atoms with Crippen LogP contribution in [0.15, 0.2) is 18.2 Å². The maximum atomic E-state index is 12.4. The number of esters is 1. The smallest absolute Gasteiger partial charge is 0.465 e. The van der Waals surface area contributed by atoms with Gasteiger partial charge in [-0.1, -0.05) is 32.0 Å². The van der Waals surface area contributed by atoms with E-state index in [-0.39, 0.29) is 30.2 Å². The zero-order valence-corrected chi connectivity index (χ0v) is 16.2. The molecule has 5 heteroatoms. The molecule has 1 fully saturated rings. The van der Waals surface area contributed by atoms with Gasteiger partial charge < -0.3 is 14.0 Å². The normalized spacial score (nSPS) is 23.8. The van der Waals surface area contributed by atoms with Gasteiger partial charge in [-0.05, 0) is 63.0 Å². The third kappa shape index (κ3) is 3.49. The molecule has 0 bridgehead atoms. The average molecular weight is 344 g/mol. The van der Waals surface area contributed by atoms with Crippen molar-refractivity contribution in [1.29, 1.82) is 0 Å². The largest absolute Gasteiger partial charge is 0.495 e. The molecule has 25 heavy (non-hydrogen) atoms. The number of carbonyl (C=O) groups excluding carboxylic acids is 1. The SMILES string of the molecule is CC(C)COC(=O)C1Cc2cccc(B3OC(C)(C)C(C)(C)O3)c2C1. The molecule has 0 amide bonds. The first-order valence-corrected chi connectivity index (χ1v) is 9.23. The van der Waals surface area contributed by atoms with E-state index < -0.39 is 0 Å². The van der Waals surface area contributed by atoms with E-state index in [4.69, 9.17) is 14.0 Å². The summed E-state index contributed by atoms with van der Waals surface area (Å²) in [5, 5.41) is 0. The van der Waals surface area contributed by atoms with Crippen molar-refractivity contribution >= 4 is 18.6 Å². The van der Waals surface area contributed by atoms with Crippen molar-refractivity contribution in [2.45, 2.75) is 65.6 Å². The summed E-state index contributed by atoms with van der Waals surface area (Å²) < 4.78 is 17.9. The Morgan fingerprint density at radius 2 is 1.84 bits per heavy atom. The summed E-state index contributed by atoms with van der Waals surface area (Å²) in [7, 11) is -0.384. The monoisotopic (exact) mass is 344 g/mol. The number of benzene rings is 1. The van der Waals surface area contributed by atoms with Crippen LogP contribution >= 0.6 is 0 Å². The van der Waals surface area contributed by atoms with E-state index in [0.29, 0.717) is 18.9 Å². The maximum Gasteiger partial charge on any atom is 0.495 e. The van der Waals surface area contributed by atoms with Crippen molar-refractivity contribution in [2.24, 2.45) is 11.8 Å². The highest BCUT2D eigenvalue weighted by Crippen LogP contribution is 2.37. The molecule has 1 aliphatic carbocycles. The zero-order chi connectivity index (χ0) is 18.4. The van der Waals surface area contributed by atoms with E-state index in [9.17, 15) is 4.79 Å². The highest BCUT2D eigenvalue weighted by molar-refractivity contribution is 6.62. The summed E-state index contributed by atoms with van der Waals surface area (Å²) in [6.45, 7) is 12.8. The summed E-state index contributed by atoms with van der Waals surface area (Å²) in [6, 6.07) is 6.18. The van der Waals surface area contributed by atoms with E-state index >= 15 is 0 Å². The molecule has 0 aromatic heterocycles. The predicted molar refractivity (Wildman–Crippen MR) is 98.9 cm³/mol. The third-order valence-corrected chi connectivity index (χ3v) is 5.63. The van der Waals surface area contributed by atoms with Gasteiger partial charge in [0.05, 0.1) is 23.7 Å². The molecule has 1 unspecified atom stereocenters. The van der Waals surface area contributed by atoms with Gasteiger partial charge in [-0.15, -0.1) is 0 Å². The van der Waals surface area contributed by atoms with Crippen LogP contribution in [0.1, 0.15) is 52.7 Å². The summed E-state index contributed by atoms with van der Waals surface area (Å²) >= 11 is 0. The Labute approximate surface area is 151 Å². The lowest BCUT2D eigenvalue weighted by atomic mass is 9.75. The van der Waals surface area contributed by atoms with E-state index in [2.05, 4.69) is 39.8 Å². The standard InChI is InChI=1S/C20H29BO4/c1-13(2)12-23-18(22)15-10-14-8-7-9-17(16(14)11-15)21-24-19(3,4)20(5,6)25-21/h7-9,13,15H,10-12H2,1-6H3. The summed E-state index contributed by atoms with van der Waals surface area (Å²) in [4.78, 5) is 12.4. The minimum atomic E-state index is -0.384. The molecule has 2 aliphatic rings. The number of carbonyl (C=O) groups is 1. The Morgan fingerprint density at radius 3 is 2.44 bits per heavy atom. The Bertz CT molecular complexity index is 650. The summed E-state index contributed by atoms with van der Waals surface area (Å²) in [5.74, 6) is 0.162. The molecule has 1 aromatic rings. The van der Waals surface area contributed by atoms with E-state index in [0.717, 1.165) is 11.9 Å². The van der Waals surface area contributed by atoms with Gasteiger partial charge in [-0.3, -0.25) is 4.79 Å². The van der Waals surface area contributed by atoms with Crippen molar-refractivity contribution in [3.05, 3.63) is 29.3 Å². The van der Waals surface area contributed by atoms with Crippen LogP contribution in [-0.4, -0.2) is 30.9 Å². The third-order valence-electron chi connectivity index (χ3n) is 5.63. The van der Waals surface area contributed by atoms with Crippen LogP contribution in [-0.2, 0) is 31.7 Å². The Morgan fingerprint density at radius 1 is 1.20 bits per heavy atom. The molecule has 3 rings (SSSR count). The minimum absolute atomic E-state index is 0.0928. The Hall–Kier alpha value is -1.33. The van der Waals surface area contributed by atoms with E-state index in [1.165, 1.54) is 11.1 Å². The fourth-order valence-electron chi connectivity index (χ4n) is 3.40. The lowest BCUT2D eigenvalue weighted by molar-refractivity contribution is -0.149. The fraction of sp³-hybridized carbons (Fsp3) is 0.650. The number of ether oxygens (including phenoxy) is 1. The first-order valence-electron chi connectivity index (χ1n) is 9.23. The average Bonchev–Trinajstić information content (AvgIpc) is 3.03. The molecule has 136 valence electrons. The Balaban J connectivity index is 1.78. The van der Waals surface area contributed by atoms with Crippen LogP contribution < -0.4 is 5.46 Å². The Kier molecular flexibility index (Phi) is 4.76.